The van der Waals surface area contributed by atoms with Crippen molar-refractivity contribution in [2.75, 3.05) is 26.4 Å². The third-order valence-corrected chi connectivity index (χ3v) is 5.57. The number of halogens is 3. The van der Waals surface area contributed by atoms with Crippen molar-refractivity contribution in [2.24, 2.45) is 0 Å². The summed E-state index contributed by atoms with van der Waals surface area (Å²) < 4.78 is 57.3. The summed E-state index contributed by atoms with van der Waals surface area (Å²) in [6.45, 7) is 5.21. The summed E-state index contributed by atoms with van der Waals surface area (Å²) in [5.74, 6) is -0.375. The molecule has 3 rings (SSSR count). The Bertz CT molecular complexity index is 978. The number of esters is 1. The van der Waals surface area contributed by atoms with Crippen LogP contribution in [-0.4, -0.2) is 32.4 Å². The Morgan fingerprint density at radius 3 is 2.48 bits per heavy atom. The molecule has 0 aromatic heterocycles. The zero-order valence-electron chi connectivity index (χ0n) is 19.0. The van der Waals surface area contributed by atoms with Gasteiger partial charge < -0.3 is 14.2 Å². The van der Waals surface area contributed by atoms with E-state index in [0.29, 0.717) is 19.6 Å². The fourth-order valence-electron chi connectivity index (χ4n) is 3.83. The van der Waals surface area contributed by atoms with Gasteiger partial charge in [-0.3, -0.25) is 4.79 Å². The summed E-state index contributed by atoms with van der Waals surface area (Å²) in [6, 6.07) is 12.1. The normalized spacial score (nSPS) is 14.7. The summed E-state index contributed by atoms with van der Waals surface area (Å²) in [5.41, 5.74) is 3.64. The molecule has 0 saturated heterocycles. The minimum atomic E-state index is -4.55. The van der Waals surface area contributed by atoms with Crippen LogP contribution in [0.4, 0.5) is 13.2 Å². The first-order valence-corrected chi connectivity index (χ1v) is 11.1. The molecule has 1 aliphatic rings. The molecule has 0 atom stereocenters. The van der Waals surface area contributed by atoms with E-state index in [1.54, 1.807) is 6.92 Å². The Morgan fingerprint density at radius 1 is 1.06 bits per heavy atom. The molecule has 0 unspecified atom stereocenters. The molecule has 2 aromatic carbocycles. The molecule has 1 aliphatic heterocycles. The first-order chi connectivity index (χ1) is 15.8. The third kappa shape index (κ3) is 7.09. The van der Waals surface area contributed by atoms with Crippen LogP contribution in [0.15, 0.2) is 48.0 Å². The lowest BCUT2D eigenvalue weighted by Gasteiger charge is -2.17. The predicted octanol–water partition coefficient (Wildman–Crippen LogP) is 6.15. The third-order valence-electron chi connectivity index (χ3n) is 5.57. The lowest BCUT2D eigenvalue weighted by molar-refractivity contribution is -0.144. The molecule has 178 valence electrons. The zero-order valence-corrected chi connectivity index (χ0v) is 19.0. The van der Waals surface area contributed by atoms with Crippen molar-refractivity contribution >= 4 is 11.5 Å². The summed E-state index contributed by atoms with van der Waals surface area (Å²) in [6.07, 6.45) is -3.32. The first kappa shape index (κ1) is 24.8. The van der Waals surface area contributed by atoms with Gasteiger partial charge in [-0.15, -0.1) is 0 Å². The van der Waals surface area contributed by atoms with Crippen molar-refractivity contribution in [3.8, 4) is 5.75 Å². The Hall–Kier alpha value is -2.80. The highest BCUT2D eigenvalue weighted by Gasteiger charge is 2.34. The van der Waals surface area contributed by atoms with Crippen LogP contribution >= 0.6 is 0 Å². The summed E-state index contributed by atoms with van der Waals surface area (Å²) in [7, 11) is 0. The number of ether oxygens (including phenoxy) is 3. The molecule has 2 aromatic rings. The quantitative estimate of drug-likeness (QED) is 0.441. The van der Waals surface area contributed by atoms with Crippen molar-refractivity contribution in [1.82, 2.24) is 0 Å². The van der Waals surface area contributed by atoms with Gasteiger partial charge in [0.15, 0.2) is 0 Å². The highest BCUT2D eigenvalue weighted by molar-refractivity contribution is 5.70. The van der Waals surface area contributed by atoms with E-state index in [-0.39, 0.29) is 37.4 Å². The molecule has 0 radical (unpaired) electrons. The summed E-state index contributed by atoms with van der Waals surface area (Å²) in [5, 5.41) is 0. The maximum atomic E-state index is 13.7. The van der Waals surface area contributed by atoms with Gasteiger partial charge in [-0.25, -0.2) is 0 Å². The fourth-order valence-corrected chi connectivity index (χ4v) is 3.83. The van der Waals surface area contributed by atoms with Crippen LogP contribution in [0.5, 0.6) is 5.75 Å². The number of rotatable bonds is 8. The van der Waals surface area contributed by atoms with Crippen LogP contribution in [0.1, 0.15) is 48.4 Å². The molecule has 33 heavy (non-hydrogen) atoms. The van der Waals surface area contributed by atoms with Gasteiger partial charge in [0.2, 0.25) is 0 Å². The van der Waals surface area contributed by atoms with Gasteiger partial charge in [0.25, 0.3) is 0 Å². The summed E-state index contributed by atoms with van der Waals surface area (Å²) >= 11 is 0. The molecule has 0 spiro atoms. The largest absolute Gasteiger partial charge is 0.489 e. The Balaban J connectivity index is 1.80. The van der Waals surface area contributed by atoms with E-state index in [1.165, 1.54) is 12.1 Å². The number of benzene rings is 2. The zero-order chi connectivity index (χ0) is 23.8. The molecule has 0 amide bonds. The van der Waals surface area contributed by atoms with Gasteiger partial charge in [-0.2, -0.15) is 13.2 Å². The minimum absolute atomic E-state index is 0.0466. The molecule has 7 heteroatoms. The lowest BCUT2D eigenvalue weighted by atomic mass is 9.95. The van der Waals surface area contributed by atoms with Crippen LogP contribution in [0.25, 0.3) is 5.57 Å². The second-order valence-electron chi connectivity index (χ2n) is 7.97. The van der Waals surface area contributed by atoms with Crippen LogP contribution in [-0.2, 0) is 26.9 Å². The number of alkyl halides is 3. The predicted molar refractivity (Wildman–Crippen MR) is 120 cm³/mol. The van der Waals surface area contributed by atoms with Crippen molar-refractivity contribution < 1.29 is 32.2 Å². The monoisotopic (exact) mass is 462 g/mol. The van der Waals surface area contributed by atoms with E-state index < -0.39 is 17.7 Å². The minimum Gasteiger partial charge on any atom is -0.489 e. The van der Waals surface area contributed by atoms with E-state index >= 15 is 0 Å². The standard InChI is InChI=1S/C26H29F3O4/c1-3-32-25(30)11-9-20-8-10-22(16-24(20)26(27,28)29)33-17-21-12-14-31-15-13-23(21)19-6-4-18(2)5-7-19/h4-8,10,16H,3,9,11-15,17H2,1-2H3. The Kier molecular flexibility index (Phi) is 8.55. The van der Waals surface area contributed by atoms with Gasteiger partial charge in [-0.05, 0) is 67.5 Å². The molecule has 0 bridgehead atoms. The molecule has 0 fully saturated rings. The SMILES string of the molecule is CCOC(=O)CCc1ccc(OCC2=C(c3ccc(C)cc3)CCOCC2)cc1C(F)(F)F. The first-order valence-electron chi connectivity index (χ1n) is 11.1. The molecule has 4 nitrogen and oxygen atoms in total. The van der Waals surface area contributed by atoms with E-state index in [4.69, 9.17) is 14.2 Å². The average Bonchev–Trinajstić information content (AvgIpc) is 3.02. The molecule has 0 saturated carbocycles. The number of carbonyl (C=O) groups is 1. The van der Waals surface area contributed by atoms with Crippen molar-refractivity contribution in [1.29, 1.82) is 0 Å². The molecule has 0 aliphatic carbocycles. The Morgan fingerprint density at radius 2 is 1.79 bits per heavy atom. The van der Waals surface area contributed by atoms with Crippen LogP contribution in [0.3, 0.4) is 0 Å². The highest BCUT2D eigenvalue weighted by atomic mass is 19.4. The molecular formula is C26H29F3O4. The van der Waals surface area contributed by atoms with E-state index in [1.807, 2.05) is 19.1 Å². The summed E-state index contributed by atoms with van der Waals surface area (Å²) in [4.78, 5) is 11.6. The van der Waals surface area contributed by atoms with Gasteiger partial charge in [-0.1, -0.05) is 35.9 Å². The second kappa shape index (κ2) is 11.4. The van der Waals surface area contributed by atoms with Gasteiger partial charge in [0.05, 0.1) is 25.4 Å². The molecule has 0 N–H and O–H groups in total. The van der Waals surface area contributed by atoms with E-state index in [2.05, 4.69) is 12.1 Å². The smallest absolute Gasteiger partial charge is 0.416 e. The van der Waals surface area contributed by atoms with E-state index in [0.717, 1.165) is 34.8 Å². The topological polar surface area (TPSA) is 44.8 Å². The van der Waals surface area contributed by atoms with Crippen LogP contribution in [0.2, 0.25) is 0 Å². The number of aryl methyl sites for hydroxylation is 2. The number of hydrogen-bond donors (Lipinski definition) is 0. The second-order valence-corrected chi connectivity index (χ2v) is 7.97. The van der Waals surface area contributed by atoms with Crippen molar-refractivity contribution in [3.63, 3.8) is 0 Å². The maximum Gasteiger partial charge on any atom is 0.416 e. The van der Waals surface area contributed by atoms with Crippen LogP contribution < -0.4 is 4.74 Å². The van der Waals surface area contributed by atoms with E-state index in [9.17, 15) is 18.0 Å². The van der Waals surface area contributed by atoms with Crippen molar-refractivity contribution in [3.05, 3.63) is 70.3 Å². The average molecular weight is 463 g/mol. The van der Waals surface area contributed by atoms with Gasteiger partial charge in [0.1, 0.15) is 12.4 Å². The maximum absolute atomic E-state index is 13.7. The van der Waals surface area contributed by atoms with Crippen LogP contribution in [0, 0.1) is 6.92 Å². The van der Waals surface area contributed by atoms with Gasteiger partial charge in [0, 0.05) is 6.42 Å². The Labute approximate surface area is 192 Å². The molecule has 1 heterocycles. The fraction of sp³-hybridized carbons (Fsp3) is 0.423. The highest BCUT2D eigenvalue weighted by Crippen LogP contribution is 2.35. The van der Waals surface area contributed by atoms with Gasteiger partial charge >= 0.3 is 12.1 Å². The molecular weight excluding hydrogens is 433 g/mol. The lowest BCUT2D eigenvalue weighted by Crippen LogP contribution is -2.12. The van der Waals surface area contributed by atoms with Crippen molar-refractivity contribution in [2.45, 2.75) is 45.7 Å². The number of carbonyl (C=O) groups excluding carboxylic acids is 1. The number of hydrogen-bond acceptors (Lipinski definition) is 4.